The number of nitrogens with zero attached hydrogens (tertiary/aromatic N) is 1. The Labute approximate surface area is 110 Å². The van der Waals surface area contributed by atoms with Crippen LogP contribution in [0.5, 0.6) is 0 Å². The van der Waals surface area contributed by atoms with E-state index >= 15 is 0 Å². The number of carbonyl (C=O) groups is 2. The first-order valence-corrected chi connectivity index (χ1v) is 6.14. The van der Waals surface area contributed by atoms with Crippen molar-refractivity contribution in [3.05, 3.63) is 34.2 Å². The Hall–Kier alpha value is -2.11. The van der Waals surface area contributed by atoms with E-state index in [1.807, 2.05) is 0 Å². The molecule has 2 N–H and O–H groups in total. The normalized spacial score (nSPS) is 18.1. The fraction of sp³-hybridized carbons (Fsp3) is 0.462. The van der Waals surface area contributed by atoms with Crippen LogP contribution in [0.4, 0.5) is 0 Å². The molecule has 0 saturated carbocycles. The number of hydrogen-bond acceptors (Lipinski definition) is 3. The van der Waals surface area contributed by atoms with E-state index in [9.17, 15) is 14.4 Å². The van der Waals surface area contributed by atoms with Crippen molar-refractivity contribution in [2.24, 2.45) is 5.41 Å². The third-order valence-corrected chi connectivity index (χ3v) is 3.72. The van der Waals surface area contributed by atoms with Crippen LogP contribution in [0.25, 0.3) is 0 Å². The molecule has 0 bridgehead atoms. The summed E-state index contributed by atoms with van der Waals surface area (Å²) in [6, 6.07) is 3.08. The lowest BCUT2D eigenvalue weighted by Crippen LogP contribution is -2.46. The average Bonchev–Trinajstić information content (AvgIpc) is 2.39. The Morgan fingerprint density at radius 1 is 1.37 bits per heavy atom. The first-order chi connectivity index (χ1) is 8.94. The minimum absolute atomic E-state index is 0.0985. The van der Waals surface area contributed by atoms with Crippen molar-refractivity contribution in [3.8, 4) is 0 Å². The molecule has 1 amide bonds. The van der Waals surface area contributed by atoms with Gasteiger partial charge < -0.3 is 15.0 Å². The van der Waals surface area contributed by atoms with Crippen LogP contribution in [0, 0.1) is 5.41 Å². The monoisotopic (exact) mass is 264 g/mol. The van der Waals surface area contributed by atoms with Crippen LogP contribution in [0.3, 0.4) is 0 Å². The third kappa shape index (κ3) is 2.52. The second-order valence-electron chi connectivity index (χ2n) is 5.07. The molecule has 1 aromatic heterocycles. The van der Waals surface area contributed by atoms with E-state index in [-0.39, 0.29) is 11.5 Å². The number of rotatable bonds is 2. The van der Waals surface area contributed by atoms with Gasteiger partial charge in [-0.2, -0.15) is 0 Å². The maximum Gasteiger partial charge on any atom is 0.309 e. The zero-order valence-electron chi connectivity index (χ0n) is 10.7. The standard InChI is InChI=1S/C13H16N2O4/c1-13(12(18)19)4-7-15(8-5-13)11(17)9-3-2-6-14-10(9)16/h2-3,6H,4-5,7-8H2,1H3,(H,14,16)(H,18,19). The number of carboxylic acids is 1. The van der Waals surface area contributed by atoms with Crippen LogP contribution in [-0.4, -0.2) is 40.0 Å². The number of aliphatic carboxylic acids is 1. The molecule has 0 atom stereocenters. The second kappa shape index (κ2) is 4.87. The molecule has 6 nitrogen and oxygen atoms in total. The number of carboxylic acid groups (broad SMARTS) is 1. The van der Waals surface area contributed by atoms with Crippen LogP contribution < -0.4 is 5.56 Å². The molecule has 2 rings (SSSR count). The van der Waals surface area contributed by atoms with Gasteiger partial charge in [0.1, 0.15) is 5.56 Å². The lowest BCUT2D eigenvalue weighted by Gasteiger charge is -2.36. The Morgan fingerprint density at radius 3 is 2.53 bits per heavy atom. The lowest BCUT2D eigenvalue weighted by atomic mass is 9.80. The van der Waals surface area contributed by atoms with Gasteiger partial charge in [0.2, 0.25) is 0 Å². The van der Waals surface area contributed by atoms with Gasteiger partial charge in [-0.1, -0.05) is 0 Å². The molecule has 19 heavy (non-hydrogen) atoms. The van der Waals surface area contributed by atoms with Crippen molar-refractivity contribution >= 4 is 11.9 Å². The number of likely N-dealkylation sites (tertiary alicyclic amines) is 1. The van der Waals surface area contributed by atoms with Crippen LogP contribution in [-0.2, 0) is 4.79 Å². The highest BCUT2D eigenvalue weighted by Crippen LogP contribution is 2.31. The van der Waals surface area contributed by atoms with Crippen molar-refractivity contribution in [1.82, 2.24) is 9.88 Å². The number of hydrogen-bond donors (Lipinski definition) is 2. The summed E-state index contributed by atoms with van der Waals surface area (Å²) >= 11 is 0. The molecule has 1 aliphatic heterocycles. The molecule has 1 saturated heterocycles. The van der Waals surface area contributed by atoms with E-state index in [1.54, 1.807) is 13.0 Å². The predicted molar refractivity (Wildman–Crippen MR) is 67.9 cm³/mol. The molecule has 0 aliphatic carbocycles. The van der Waals surface area contributed by atoms with Gasteiger partial charge in [-0.05, 0) is 31.9 Å². The number of amides is 1. The van der Waals surface area contributed by atoms with Gasteiger partial charge in [-0.25, -0.2) is 0 Å². The summed E-state index contributed by atoms with van der Waals surface area (Å²) in [6.45, 7) is 2.40. The minimum Gasteiger partial charge on any atom is -0.481 e. The summed E-state index contributed by atoms with van der Waals surface area (Å²) in [4.78, 5) is 38.8. The van der Waals surface area contributed by atoms with E-state index in [0.717, 1.165) is 0 Å². The summed E-state index contributed by atoms with van der Waals surface area (Å²) < 4.78 is 0. The van der Waals surface area contributed by atoms with Crippen molar-refractivity contribution in [2.75, 3.05) is 13.1 Å². The quantitative estimate of drug-likeness (QED) is 0.822. The molecule has 2 heterocycles. The first kappa shape index (κ1) is 13.3. The SMILES string of the molecule is CC1(C(=O)O)CCN(C(=O)c2ccc[nH]c2=O)CC1. The lowest BCUT2D eigenvalue weighted by molar-refractivity contribution is -0.150. The van der Waals surface area contributed by atoms with Gasteiger partial charge in [0.05, 0.1) is 5.41 Å². The van der Waals surface area contributed by atoms with Crippen LogP contribution in [0.2, 0.25) is 0 Å². The molecule has 0 aromatic carbocycles. The van der Waals surface area contributed by atoms with Gasteiger partial charge in [-0.3, -0.25) is 14.4 Å². The van der Waals surface area contributed by atoms with Crippen molar-refractivity contribution < 1.29 is 14.7 Å². The zero-order valence-corrected chi connectivity index (χ0v) is 10.7. The van der Waals surface area contributed by atoms with E-state index in [4.69, 9.17) is 5.11 Å². The van der Waals surface area contributed by atoms with Gasteiger partial charge in [0.25, 0.3) is 11.5 Å². The van der Waals surface area contributed by atoms with Crippen molar-refractivity contribution in [1.29, 1.82) is 0 Å². The molecule has 102 valence electrons. The fourth-order valence-corrected chi connectivity index (χ4v) is 2.18. The number of nitrogens with one attached hydrogen (secondary N) is 1. The smallest absolute Gasteiger partial charge is 0.309 e. The summed E-state index contributed by atoms with van der Waals surface area (Å²) in [7, 11) is 0. The highest BCUT2D eigenvalue weighted by molar-refractivity contribution is 5.94. The van der Waals surface area contributed by atoms with Gasteiger partial charge >= 0.3 is 5.97 Å². The summed E-state index contributed by atoms with van der Waals surface area (Å²) in [5.74, 6) is -1.17. The van der Waals surface area contributed by atoms with Gasteiger partial charge in [-0.15, -0.1) is 0 Å². The van der Waals surface area contributed by atoms with Crippen LogP contribution in [0.15, 0.2) is 23.1 Å². The molecular weight excluding hydrogens is 248 g/mol. The molecule has 1 fully saturated rings. The van der Waals surface area contributed by atoms with Crippen molar-refractivity contribution in [3.63, 3.8) is 0 Å². The Kier molecular flexibility index (Phi) is 3.42. The average molecular weight is 264 g/mol. The van der Waals surface area contributed by atoms with E-state index in [1.165, 1.54) is 17.2 Å². The molecule has 0 radical (unpaired) electrons. The Balaban J connectivity index is 2.11. The van der Waals surface area contributed by atoms with E-state index in [2.05, 4.69) is 4.98 Å². The highest BCUT2D eigenvalue weighted by Gasteiger charge is 2.38. The summed E-state index contributed by atoms with van der Waals surface area (Å²) in [6.07, 6.45) is 2.27. The second-order valence-corrected chi connectivity index (χ2v) is 5.07. The number of aromatic amines is 1. The fourth-order valence-electron chi connectivity index (χ4n) is 2.18. The molecule has 0 spiro atoms. The van der Waals surface area contributed by atoms with Crippen LogP contribution >= 0.6 is 0 Å². The Bertz CT molecular complexity index is 556. The van der Waals surface area contributed by atoms with Gasteiger partial charge in [0.15, 0.2) is 0 Å². The number of H-pyrrole nitrogens is 1. The van der Waals surface area contributed by atoms with Gasteiger partial charge in [0, 0.05) is 19.3 Å². The zero-order chi connectivity index (χ0) is 14.0. The topological polar surface area (TPSA) is 90.5 Å². The van der Waals surface area contributed by atoms with Crippen LogP contribution in [0.1, 0.15) is 30.1 Å². The van der Waals surface area contributed by atoms with E-state index in [0.29, 0.717) is 25.9 Å². The molecule has 1 aromatic rings. The summed E-state index contributed by atoms with van der Waals surface area (Å²) in [5.41, 5.74) is -1.10. The molecular formula is C13H16N2O4. The Morgan fingerprint density at radius 2 is 2.00 bits per heavy atom. The number of carbonyl (C=O) groups excluding carboxylic acids is 1. The number of pyridine rings is 1. The third-order valence-electron chi connectivity index (χ3n) is 3.72. The van der Waals surface area contributed by atoms with Crippen molar-refractivity contribution in [2.45, 2.75) is 19.8 Å². The number of aromatic nitrogens is 1. The summed E-state index contributed by atoms with van der Waals surface area (Å²) in [5, 5.41) is 9.13. The highest BCUT2D eigenvalue weighted by atomic mass is 16.4. The largest absolute Gasteiger partial charge is 0.481 e. The maximum atomic E-state index is 12.2. The predicted octanol–water partition coefficient (Wildman–Crippen LogP) is 0.702. The maximum absolute atomic E-state index is 12.2. The molecule has 1 aliphatic rings. The first-order valence-electron chi connectivity index (χ1n) is 6.14. The molecule has 6 heteroatoms. The number of piperidine rings is 1. The molecule has 0 unspecified atom stereocenters. The minimum atomic E-state index is -0.836. The van der Waals surface area contributed by atoms with E-state index < -0.39 is 16.9 Å².